The minimum Gasteiger partial charge on any atom is -0.412 e. The molecule has 23 valence electrons. The van der Waals surface area contributed by atoms with Crippen LogP contribution < -0.4 is 0 Å². The summed E-state index contributed by atoms with van der Waals surface area (Å²) in [6, 6.07) is 0. The largest absolute Gasteiger partial charge is 0.412 e. The molecule has 0 aromatic heterocycles. The smallest absolute Gasteiger partial charge is 0 e. The van der Waals surface area contributed by atoms with Gasteiger partial charge in [0, 0.05) is 66.3 Å². The standard InChI is InChI=1S/B.Fe.Nd.H2O/h;;;1H2. The molecule has 0 saturated heterocycles. The summed E-state index contributed by atoms with van der Waals surface area (Å²) in [6.07, 6.45) is 0. The Morgan fingerprint density at radius 2 is 1.00 bits per heavy atom. The van der Waals surface area contributed by atoms with Gasteiger partial charge in [-0.25, -0.2) is 0 Å². The van der Waals surface area contributed by atoms with Crippen molar-refractivity contribution in [1.82, 2.24) is 0 Å². The molecule has 0 atom stereocenters. The molecule has 4 heavy (non-hydrogen) atoms. The molecule has 0 heterocycles. The molecule has 0 rings (SSSR count). The van der Waals surface area contributed by atoms with Crippen LogP contribution in [0.2, 0.25) is 0 Å². The van der Waals surface area contributed by atoms with E-state index in [2.05, 4.69) is 0 Å². The first-order valence-corrected chi connectivity index (χ1v) is 0. The van der Waals surface area contributed by atoms with Crippen molar-refractivity contribution in [2.45, 2.75) is 0 Å². The van der Waals surface area contributed by atoms with Crippen molar-refractivity contribution in [2.24, 2.45) is 0 Å². The summed E-state index contributed by atoms with van der Waals surface area (Å²) in [7, 11) is 0. The van der Waals surface area contributed by atoms with Crippen LogP contribution >= 0.6 is 0 Å². The second-order valence-corrected chi connectivity index (χ2v) is 0. The molecule has 0 aliphatic rings. The molecule has 0 aromatic carbocycles. The van der Waals surface area contributed by atoms with E-state index in [9.17, 15) is 0 Å². The van der Waals surface area contributed by atoms with Crippen LogP contribution in [-0.4, -0.2) is 13.9 Å². The third-order valence-electron chi connectivity index (χ3n) is 0. The summed E-state index contributed by atoms with van der Waals surface area (Å²) in [5.41, 5.74) is 0. The van der Waals surface area contributed by atoms with Crippen molar-refractivity contribution in [3.63, 3.8) is 0 Å². The number of hydrogen-bond donors (Lipinski definition) is 0. The van der Waals surface area contributed by atoms with Gasteiger partial charge >= 0.3 is 0 Å². The van der Waals surface area contributed by atoms with Crippen molar-refractivity contribution in [2.75, 3.05) is 0 Å². The fourth-order valence-corrected chi connectivity index (χ4v) is 0. The Morgan fingerprint density at radius 3 is 1.00 bits per heavy atom. The van der Waals surface area contributed by atoms with E-state index in [-0.39, 0.29) is 71.8 Å². The molecule has 1 nitrogen and oxygen atoms in total. The van der Waals surface area contributed by atoms with E-state index in [1.54, 1.807) is 0 Å². The first-order valence-electron chi connectivity index (χ1n) is 0. The zero-order chi connectivity index (χ0) is 0. The van der Waals surface area contributed by atoms with E-state index in [0.29, 0.717) is 0 Å². The van der Waals surface area contributed by atoms with Gasteiger partial charge in [0.2, 0.25) is 0 Å². The molecule has 0 unspecified atom stereocenters. The summed E-state index contributed by atoms with van der Waals surface area (Å²) >= 11 is 0. The molecule has 2 N–H and O–H groups in total. The molecule has 0 bridgehead atoms. The Labute approximate surface area is 70.8 Å². The van der Waals surface area contributed by atoms with Crippen molar-refractivity contribution in [1.29, 1.82) is 0 Å². The molecule has 0 aliphatic carbocycles. The maximum Gasteiger partial charge on any atom is 0 e. The normalized spacial score (nSPS) is 0. The van der Waals surface area contributed by atoms with E-state index in [1.807, 2.05) is 0 Å². The SMILES string of the molecule is O.[B].[Fe].[Nd]. The van der Waals surface area contributed by atoms with Gasteiger partial charge in [0.15, 0.2) is 0 Å². The van der Waals surface area contributed by atoms with Crippen LogP contribution in [0, 0.1) is 40.8 Å². The molecular weight excluding hydrogens is 227 g/mol. The second-order valence-electron chi connectivity index (χ2n) is 0. The van der Waals surface area contributed by atoms with Crippen LogP contribution in [0.25, 0.3) is 0 Å². The molecule has 3 radical (unpaired) electrons. The predicted molar refractivity (Wildman–Crippen MR) is 9.37 cm³/mol. The summed E-state index contributed by atoms with van der Waals surface area (Å²) in [6.45, 7) is 0. The van der Waals surface area contributed by atoms with Crippen molar-refractivity contribution < 1.29 is 63.4 Å². The van der Waals surface area contributed by atoms with Gasteiger partial charge < -0.3 is 5.48 Å². The first kappa shape index (κ1) is 39.3. The fraction of sp³-hybridized carbons (Fsp3) is 0. The molecular formula is H2BFeNdO. The third-order valence-corrected chi connectivity index (χ3v) is 0. The van der Waals surface area contributed by atoms with Gasteiger partial charge in [-0.05, 0) is 0 Å². The maximum atomic E-state index is 0. The topological polar surface area (TPSA) is 31.5 Å². The van der Waals surface area contributed by atoms with Gasteiger partial charge in [-0.15, -0.1) is 0 Å². The Hall–Kier alpha value is 1.90. The second kappa shape index (κ2) is 20.7. The van der Waals surface area contributed by atoms with Gasteiger partial charge in [-0.1, -0.05) is 0 Å². The van der Waals surface area contributed by atoms with Gasteiger partial charge in [-0.3, -0.25) is 0 Å². The third kappa shape index (κ3) is 9.09. The minimum absolute atomic E-state index is 0. The van der Waals surface area contributed by atoms with Crippen LogP contribution in [0.15, 0.2) is 0 Å². The summed E-state index contributed by atoms with van der Waals surface area (Å²) in [5.74, 6) is 0. The molecule has 0 amide bonds. The first-order chi connectivity index (χ1) is 0. The van der Waals surface area contributed by atoms with Gasteiger partial charge in [0.05, 0.1) is 0 Å². The molecule has 0 aromatic rings. The Balaban J connectivity index is 0. The Kier molecular flexibility index (Phi) is 203. The van der Waals surface area contributed by atoms with E-state index in [1.165, 1.54) is 0 Å². The van der Waals surface area contributed by atoms with Crippen molar-refractivity contribution in [3.8, 4) is 0 Å². The van der Waals surface area contributed by atoms with Crippen molar-refractivity contribution in [3.05, 3.63) is 0 Å². The average molecular weight is 229 g/mol. The maximum absolute atomic E-state index is 0. The molecule has 0 saturated carbocycles. The Morgan fingerprint density at radius 1 is 1.00 bits per heavy atom. The van der Waals surface area contributed by atoms with Gasteiger partial charge in [0.1, 0.15) is 0 Å². The summed E-state index contributed by atoms with van der Waals surface area (Å²) in [4.78, 5) is 0. The van der Waals surface area contributed by atoms with Crippen molar-refractivity contribution >= 4 is 8.41 Å². The van der Waals surface area contributed by atoms with Crippen LogP contribution in [0.3, 0.4) is 0 Å². The van der Waals surface area contributed by atoms with Crippen LogP contribution in [0.1, 0.15) is 0 Å². The summed E-state index contributed by atoms with van der Waals surface area (Å²) in [5, 5.41) is 0. The molecule has 0 aliphatic heterocycles. The zero-order valence-corrected chi connectivity index (χ0v) is 6.24. The van der Waals surface area contributed by atoms with Gasteiger partial charge in [-0.2, -0.15) is 0 Å². The zero-order valence-electron chi connectivity index (χ0n) is 1.93. The fourth-order valence-electron chi connectivity index (χ4n) is 0. The van der Waals surface area contributed by atoms with E-state index >= 15 is 0 Å². The summed E-state index contributed by atoms with van der Waals surface area (Å²) < 4.78 is 0. The molecule has 0 spiro atoms. The number of hydrogen-bond acceptors (Lipinski definition) is 0. The van der Waals surface area contributed by atoms with E-state index < -0.39 is 0 Å². The monoisotopic (exact) mass is 227 g/mol. The van der Waals surface area contributed by atoms with E-state index in [0.717, 1.165) is 0 Å². The van der Waals surface area contributed by atoms with Crippen LogP contribution in [0.4, 0.5) is 0 Å². The van der Waals surface area contributed by atoms with Gasteiger partial charge in [0.25, 0.3) is 0 Å². The van der Waals surface area contributed by atoms with Crippen LogP contribution in [-0.2, 0) is 17.1 Å². The van der Waals surface area contributed by atoms with E-state index in [4.69, 9.17) is 0 Å². The molecule has 4 heteroatoms. The Bertz CT molecular complexity index is 8.00. The molecule has 0 fully saturated rings. The number of rotatable bonds is 0. The quantitative estimate of drug-likeness (QED) is 0.467. The minimum atomic E-state index is 0. The average Bonchev–Trinajstić information content (AvgIpc) is 0. The van der Waals surface area contributed by atoms with Crippen LogP contribution in [0.5, 0.6) is 0 Å². The predicted octanol–water partition coefficient (Wildman–Crippen LogP) is -1.21.